The molecule has 2 saturated carbocycles. The molecule has 0 aromatic carbocycles. The molecule has 2 aliphatic carbocycles. The van der Waals surface area contributed by atoms with Crippen molar-refractivity contribution in [2.45, 2.75) is 76.0 Å². The molecule has 29 heavy (non-hydrogen) atoms. The van der Waals surface area contributed by atoms with Crippen LogP contribution in [0.3, 0.4) is 0 Å². The first-order valence-corrected chi connectivity index (χ1v) is 12.3. The Bertz CT molecular complexity index is 629. The van der Waals surface area contributed by atoms with Gasteiger partial charge >= 0.3 is 5.97 Å². The van der Waals surface area contributed by atoms with E-state index in [4.69, 9.17) is 14.2 Å². The van der Waals surface area contributed by atoms with Crippen LogP contribution in [0.15, 0.2) is 0 Å². The number of esters is 1. The summed E-state index contributed by atoms with van der Waals surface area (Å²) in [7, 11) is -0.482. The van der Waals surface area contributed by atoms with Crippen molar-refractivity contribution in [2.75, 3.05) is 40.5 Å². The predicted molar refractivity (Wildman–Crippen MR) is 109 cm³/mol. The number of carbonyl (C=O) groups is 1. The van der Waals surface area contributed by atoms with Crippen molar-refractivity contribution in [1.82, 2.24) is 9.34 Å². The second-order valence-corrected chi connectivity index (χ2v) is 12.2. The summed E-state index contributed by atoms with van der Waals surface area (Å²) in [6.45, 7) is 6.81. The molecule has 0 unspecified atom stereocenters. The number of halogens is 1. The molecule has 7 nitrogen and oxygen atoms in total. The number of carbonyl (C=O) groups excluding carboxylic acids is 1. The standard InChI is InChI=1S/C20H36FN2O5P/c1-19(2,3)28-18(24)15-14-20(15,21)29(25)22(10-12-26-4)16-8-6-7-9-17(16)23(29)11-13-27-5/h15-17H,6-14H2,1-5H3/t15-,16-,17-,20-/m0/s1. The van der Waals surface area contributed by atoms with E-state index < -0.39 is 30.3 Å². The Morgan fingerprint density at radius 2 is 1.55 bits per heavy atom. The number of rotatable bonds is 8. The minimum absolute atomic E-state index is 0.0223. The third kappa shape index (κ3) is 4.16. The minimum atomic E-state index is -3.66. The predicted octanol–water partition coefficient (Wildman–Crippen LogP) is 3.43. The average Bonchev–Trinajstić information content (AvgIpc) is 3.29. The molecule has 9 heteroatoms. The van der Waals surface area contributed by atoms with Crippen molar-refractivity contribution in [3.05, 3.63) is 0 Å². The van der Waals surface area contributed by atoms with E-state index in [-0.39, 0.29) is 18.5 Å². The lowest BCUT2D eigenvalue weighted by Crippen LogP contribution is -2.41. The van der Waals surface area contributed by atoms with Gasteiger partial charge in [-0.3, -0.25) is 9.36 Å². The molecule has 0 bridgehead atoms. The zero-order chi connectivity index (χ0) is 21.4. The van der Waals surface area contributed by atoms with E-state index >= 15 is 4.39 Å². The van der Waals surface area contributed by atoms with Crippen LogP contribution >= 0.6 is 7.44 Å². The van der Waals surface area contributed by atoms with Gasteiger partial charge in [-0.05, 0) is 33.6 Å². The van der Waals surface area contributed by atoms with Gasteiger partial charge in [0.2, 0.25) is 5.41 Å². The summed E-state index contributed by atoms with van der Waals surface area (Å²) < 4.78 is 50.5. The molecule has 4 atom stereocenters. The van der Waals surface area contributed by atoms with Gasteiger partial charge in [0.15, 0.2) is 0 Å². The van der Waals surface area contributed by atoms with Gasteiger partial charge in [0.1, 0.15) is 11.5 Å². The van der Waals surface area contributed by atoms with Crippen LogP contribution in [0.5, 0.6) is 0 Å². The molecule has 1 saturated heterocycles. The van der Waals surface area contributed by atoms with Gasteiger partial charge < -0.3 is 14.2 Å². The van der Waals surface area contributed by atoms with Crippen LogP contribution in [0.25, 0.3) is 0 Å². The first-order chi connectivity index (χ1) is 13.6. The zero-order valence-electron chi connectivity index (χ0n) is 18.4. The van der Waals surface area contributed by atoms with Crippen LogP contribution in [-0.2, 0) is 23.6 Å². The van der Waals surface area contributed by atoms with Gasteiger partial charge in [0, 0.05) is 45.8 Å². The molecule has 3 rings (SSSR count). The largest absolute Gasteiger partial charge is 0.460 e. The minimum Gasteiger partial charge on any atom is -0.460 e. The number of nitrogens with zero attached hydrogens (tertiary/aromatic N) is 2. The van der Waals surface area contributed by atoms with Crippen molar-refractivity contribution >= 4 is 13.4 Å². The number of hydrogen-bond acceptors (Lipinski definition) is 5. The fourth-order valence-corrected chi connectivity index (χ4v) is 9.05. The topological polar surface area (TPSA) is 68.3 Å². The first-order valence-electron chi connectivity index (χ1n) is 10.6. The van der Waals surface area contributed by atoms with Crippen LogP contribution in [0.2, 0.25) is 0 Å². The maximum Gasteiger partial charge on any atom is 0.313 e. The summed E-state index contributed by atoms with van der Waals surface area (Å²) in [6.07, 6.45) is 3.80. The summed E-state index contributed by atoms with van der Waals surface area (Å²) in [5, 5.41) is -2.08. The summed E-state index contributed by atoms with van der Waals surface area (Å²) in [5.41, 5.74) is -0.704. The normalized spacial score (nSPS) is 34.8. The second-order valence-electron chi connectivity index (χ2n) is 9.38. The van der Waals surface area contributed by atoms with Crippen molar-refractivity contribution in [2.24, 2.45) is 5.92 Å². The summed E-state index contributed by atoms with van der Waals surface area (Å²) in [6, 6.07) is 0.0446. The number of alkyl halides is 1. The molecule has 0 aromatic rings. The summed E-state index contributed by atoms with van der Waals surface area (Å²) in [4.78, 5) is 12.6. The van der Waals surface area contributed by atoms with Crippen LogP contribution < -0.4 is 0 Å². The van der Waals surface area contributed by atoms with Crippen molar-refractivity contribution in [3.8, 4) is 0 Å². The third-order valence-corrected chi connectivity index (χ3v) is 10.1. The van der Waals surface area contributed by atoms with Gasteiger partial charge in [0.05, 0.1) is 13.2 Å². The molecule has 0 radical (unpaired) electrons. The van der Waals surface area contributed by atoms with Gasteiger partial charge in [-0.25, -0.2) is 13.7 Å². The lowest BCUT2D eigenvalue weighted by Gasteiger charge is -2.35. The van der Waals surface area contributed by atoms with Gasteiger partial charge in [0.25, 0.3) is 7.44 Å². The molecular weight excluding hydrogens is 398 g/mol. The molecule has 1 aliphatic heterocycles. The van der Waals surface area contributed by atoms with Crippen LogP contribution in [0.4, 0.5) is 4.39 Å². The van der Waals surface area contributed by atoms with Crippen LogP contribution in [0.1, 0.15) is 52.9 Å². The van der Waals surface area contributed by atoms with E-state index in [1.807, 2.05) is 9.34 Å². The van der Waals surface area contributed by atoms with Gasteiger partial charge in [-0.15, -0.1) is 0 Å². The molecule has 0 aromatic heterocycles. The Morgan fingerprint density at radius 1 is 1.07 bits per heavy atom. The van der Waals surface area contributed by atoms with Gasteiger partial charge in [-0.1, -0.05) is 12.8 Å². The Labute approximate surface area is 173 Å². The number of hydrogen-bond donors (Lipinski definition) is 0. The number of ether oxygens (including phenoxy) is 3. The maximum absolute atomic E-state index is 16.3. The zero-order valence-corrected chi connectivity index (χ0v) is 19.3. The highest BCUT2D eigenvalue weighted by Gasteiger charge is 2.77. The number of methoxy groups -OCH3 is 2. The van der Waals surface area contributed by atoms with E-state index in [0.29, 0.717) is 26.3 Å². The maximum atomic E-state index is 16.3. The van der Waals surface area contributed by atoms with Gasteiger partial charge in [-0.2, -0.15) is 0 Å². The molecule has 3 fully saturated rings. The fourth-order valence-electron chi connectivity index (χ4n) is 4.92. The average molecular weight is 434 g/mol. The van der Waals surface area contributed by atoms with Crippen molar-refractivity contribution < 1.29 is 28.0 Å². The third-order valence-electron chi connectivity index (χ3n) is 6.24. The molecule has 0 spiro atoms. The molecule has 168 valence electrons. The van der Waals surface area contributed by atoms with Crippen molar-refractivity contribution in [1.29, 1.82) is 0 Å². The lowest BCUT2D eigenvalue weighted by atomic mass is 9.90. The Morgan fingerprint density at radius 3 is 1.97 bits per heavy atom. The van der Waals surface area contributed by atoms with E-state index in [1.165, 1.54) is 0 Å². The van der Waals surface area contributed by atoms with Crippen LogP contribution in [-0.4, -0.2) is 78.9 Å². The molecule has 0 amide bonds. The van der Waals surface area contributed by atoms with Crippen LogP contribution in [0, 0.1) is 5.92 Å². The Hall–Kier alpha value is -0.530. The molecule has 0 N–H and O–H groups in total. The Balaban J connectivity index is 1.94. The second kappa shape index (κ2) is 8.54. The molecule has 3 aliphatic rings. The smallest absolute Gasteiger partial charge is 0.313 e. The molecular formula is C20H36FN2O5P. The lowest BCUT2D eigenvalue weighted by molar-refractivity contribution is -0.157. The Kier molecular flexibility index (Phi) is 6.82. The van der Waals surface area contributed by atoms with E-state index in [2.05, 4.69) is 0 Å². The SMILES string of the molecule is COCCN1[C@H]2CCCC[C@@H]2N(CCOC)P1(=O)[C@@]1(F)C[C@H]1C(=O)OC(C)(C)C. The van der Waals surface area contributed by atoms with E-state index in [1.54, 1.807) is 35.0 Å². The molecule has 1 heterocycles. The van der Waals surface area contributed by atoms with E-state index in [9.17, 15) is 9.36 Å². The fraction of sp³-hybridized carbons (Fsp3) is 0.950. The highest BCUT2D eigenvalue weighted by atomic mass is 31.2. The first kappa shape index (κ1) is 23.1. The monoisotopic (exact) mass is 434 g/mol. The van der Waals surface area contributed by atoms with E-state index in [0.717, 1.165) is 25.7 Å². The quantitative estimate of drug-likeness (QED) is 0.428. The highest BCUT2D eigenvalue weighted by molar-refractivity contribution is 7.61. The van der Waals surface area contributed by atoms with Crippen molar-refractivity contribution in [3.63, 3.8) is 0 Å². The summed E-state index contributed by atoms with van der Waals surface area (Å²) in [5.74, 6) is -1.58. The summed E-state index contributed by atoms with van der Waals surface area (Å²) >= 11 is 0. The number of fused-ring (bicyclic) bond motifs is 1. The highest BCUT2D eigenvalue weighted by Crippen LogP contribution is 2.80.